The van der Waals surface area contributed by atoms with E-state index in [0.29, 0.717) is 17.7 Å². The standard InChI is InChI=1S/C23H27NO5/c1-16-7-9-17(10-8-16)20(15-23(27)29-3)24-22(26)6-4-5-21(25)18-11-13-19(28-2)14-12-18/h7-14,20H,4-6,15H2,1-3H3,(H,24,26). The van der Waals surface area contributed by atoms with Crippen molar-refractivity contribution in [3.63, 3.8) is 0 Å². The highest BCUT2D eigenvalue weighted by Gasteiger charge is 2.19. The topological polar surface area (TPSA) is 81.7 Å². The number of benzene rings is 2. The zero-order chi connectivity index (χ0) is 21.2. The van der Waals surface area contributed by atoms with E-state index in [-0.39, 0.29) is 31.0 Å². The third kappa shape index (κ3) is 7.07. The van der Waals surface area contributed by atoms with Gasteiger partial charge in [-0.15, -0.1) is 0 Å². The highest BCUT2D eigenvalue weighted by Crippen LogP contribution is 2.19. The second-order valence-electron chi connectivity index (χ2n) is 6.82. The minimum absolute atomic E-state index is 0.0231. The normalized spacial score (nSPS) is 11.4. The molecule has 6 nitrogen and oxygen atoms in total. The Balaban J connectivity index is 1.89. The molecule has 1 unspecified atom stereocenters. The van der Waals surface area contributed by atoms with Crippen LogP contribution in [-0.4, -0.2) is 31.9 Å². The summed E-state index contributed by atoms with van der Waals surface area (Å²) in [5, 5.41) is 2.88. The van der Waals surface area contributed by atoms with E-state index in [1.807, 2.05) is 31.2 Å². The van der Waals surface area contributed by atoms with Crippen LogP contribution in [0.5, 0.6) is 5.75 Å². The lowest BCUT2D eigenvalue weighted by Gasteiger charge is -2.18. The van der Waals surface area contributed by atoms with Gasteiger partial charge in [-0.2, -0.15) is 0 Å². The summed E-state index contributed by atoms with van der Waals surface area (Å²) in [4.78, 5) is 36.3. The van der Waals surface area contributed by atoms with E-state index in [2.05, 4.69) is 5.32 Å². The number of carbonyl (C=O) groups excluding carboxylic acids is 3. The van der Waals surface area contributed by atoms with Gasteiger partial charge < -0.3 is 14.8 Å². The van der Waals surface area contributed by atoms with Crippen LogP contribution in [0.1, 0.15) is 53.2 Å². The molecule has 0 aromatic heterocycles. The molecule has 0 heterocycles. The quantitative estimate of drug-likeness (QED) is 0.487. The van der Waals surface area contributed by atoms with Gasteiger partial charge in [0, 0.05) is 18.4 Å². The first-order chi connectivity index (χ1) is 13.9. The number of hydrogen-bond acceptors (Lipinski definition) is 5. The summed E-state index contributed by atoms with van der Waals surface area (Å²) in [7, 11) is 2.89. The highest BCUT2D eigenvalue weighted by atomic mass is 16.5. The van der Waals surface area contributed by atoms with Crippen LogP contribution >= 0.6 is 0 Å². The number of methoxy groups -OCH3 is 2. The number of esters is 1. The first-order valence-electron chi connectivity index (χ1n) is 9.53. The van der Waals surface area contributed by atoms with Crippen molar-refractivity contribution in [3.05, 3.63) is 65.2 Å². The largest absolute Gasteiger partial charge is 0.497 e. The fourth-order valence-corrected chi connectivity index (χ4v) is 2.90. The molecule has 0 aliphatic heterocycles. The molecule has 0 saturated heterocycles. The second kappa shape index (κ2) is 11.0. The first kappa shape index (κ1) is 22.1. The van der Waals surface area contributed by atoms with E-state index in [0.717, 1.165) is 11.1 Å². The number of carbonyl (C=O) groups is 3. The van der Waals surface area contributed by atoms with Gasteiger partial charge in [0.15, 0.2) is 5.78 Å². The van der Waals surface area contributed by atoms with Gasteiger partial charge in [-0.3, -0.25) is 14.4 Å². The van der Waals surface area contributed by atoms with Crippen molar-refractivity contribution >= 4 is 17.7 Å². The van der Waals surface area contributed by atoms with Gasteiger partial charge in [-0.1, -0.05) is 29.8 Å². The summed E-state index contributed by atoms with van der Waals surface area (Å²) >= 11 is 0. The molecule has 0 spiro atoms. The molecule has 0 aliphatic rings. The van der Waals surface area contributed by atoms with Gasteiger partial charge in [-0.25, -0.2) is 0 Å². The Morgan fingerprint density at radius 2 is 1.59 bits per heavy atom. The molecule has 2 aromatic rings. The van der Waals surface area contributed by atoms with Crippen molar-refractivity contribution in [2.75, 3.05) is 14.2 Å². The summed E-state index contributed by atoms with van der Waals surface area (Å²) in [5.74, 6) is 0.0614. The Bertz CT molecular complexity index is 827. The SMILES string of the molecule is COC(=O)CC(NC(=O)CCCC(=O)c1ccc(OC)cc1)c1ccc(C)cc1. The van der Waals surface area contributed by atoms with E-state index < -0.39 is 12.0 Å². The molecule has 0 aliphatic carbocycles. The van der Waals surface area contributed by atoms with Crippen LogP contribution in [0.25, 0.3) is 0 Å². The van der Waals surface area contributed by atoms with Crippen LogP contribution in [0.3, 0.4) is 0 Å². The third-order valence-electron chi connectivity index (χ3n) is 4.63. The summed E-state index contributed by atoms with van der Waals surface area (Å²) in [5.41, 5.74) is 2.52. The van der Waals surface area contributed by atoms with Crippen molar-refractivity contribution < 1.29 is 23.9 Å². The molecule has 0 fully saturated rings. The molecule has 2 rings (SSSR count). The number of Topliss-reactive ketones (excluding diaryl/α,β-unsaturated/α-hetero) is 1. The third-order valence-corrected chi connectivity index (χ3v) is 4.63. The zero-order valence-corrected chi connectivity index (χ0v) is 17.1. The fraction of sp³-hybridized carbons (Fsp3) is 0.348. The van der Waals surface area contributed by atoms with Crippen LogP contribution in [0, 0.1) is 6.92 Å². The molecule has 1 N–H and O–H groups in total. The van der Waals surface area contributed by atoms with E-state index in [4.69, 9.17) is 9.47 Å². The number of hydrogen-bond donors (Lipinski definition) is 1. The lowest BCUT2D eigenvalue weighted by Crippen LogP contribution is -2.30. The molecular weight excluding hydrogens is 370 g/mol. The lowest BCUT2D eigenvalue weighted by molar-refractivity contribution is -0.141. The number of amides is 1. The summed E-state index contributed by atoms with van der Waals surface area (Å²) in [6.45, 7) is 1.97. The van der Waals surface area contributed by atoms with E-state index >= 15 is 0 Å². The molecule has 0 radical (unpaired) electrons. The van der Waals surface area contributed by atoms with Crippen molar-refractivity contribution in [2.45, 2.75) is 38.6 Å². The molecule has 0 bridgehead atoms. The maximum atomic E-state index is 12.4. The molecule has 0 saturated carbocycles. The lowest BCUT2D eigenvalue weighted by atomic mass is 10.0. The molecule has 1 amide bonds. The Hall–Kier alpha value is -3.15. The van der Waals surface area contributed by atoms with E-state index in [1.165, 1.54) is 7.11 Å². The van der Waals surface area contributed by atoms with E-state index in [9.17, 15) is 14.4 Å². The van der Waals surface area contributed by atoms with Gasteiger partial charge in [0.25, 0.3) is 0 Å². The van der Waals surface area contributed by atoms with Gasteiger partial charge in [-0.05, 0) is 43.2 Å². The number of ketones is 1. The van der Waals surface area contributed by atoms with Gasteiger partial charge in [0.05, 0.1) is 26.7 Å². The number of ether oxygens (including phenoxy) is 2. The minimum Gasteiger partial charge on any atom is -0.497 e. The van der Waals surface area contributed by atoms with Crippen LogP contribution in [0.2, 0.25) is 0 Å². The van der Waals surface area contributed by atoms with Crippen molar-refractivity contribution in [2.24, 2.45) is 0 Å². The Morgan fingerprint density at radius 1 is 0.931 bits per heavy atom. The van der Waals surface area contributed by atoms with Crippen molar-refractivity contribution in [3.8, 4) is 5.75 Å². The predicted octanol–water partition coefficient (Wildman–Crippen LogP) is 3.78. The summed E-state index contributed by atoms with van der Waals surface area (Å²) < 4.78 is 9.82. The van der Waals surface area contributed by atoms with Crippen molar-refractivity contribution in [1.29, 1.82) is 0 Å². The average molecular weight is 397 g/mol. The van der Waals surface area contributed by atoms with Crippen LogP contribution in [-0.2, 0) is 14.3 Å². The highest BCUT2D eigenvalue weighted by molar-refractivity contribution is 5.96. The van der Waals surface area contributed by atoms with Crippen LogP contribution in [0.4, 0.5) is 0 Å². The average Bonchev–Trinajstić information content (AvgIpc) is 2.73. The smallest absolute Gasteiger partial charge is 0.307 e. The zero-order valence-electron chi connectivity index (χ0n) is 17.1. The maximum absolute atomic E-state index is 12.4. The summed E-state index contributed by atoms with van der Waals surface area (Å²) in [6, 6.07) is 14.1. The Kier molecular flexibility index (Phi) is 8.40. The van der Waals surface area contributed by atoms with Crippen LogP contribution in [0.15, 0.2) is 48.5 Å². The predicted molar refractivity (Wildman–Crippen MR) is 110 cm³/mol. The molecule has 6 heteroatoms. The molecular formula is C23H27NO5. The summed E-state index contributed by atoms with van der Waals surface area (Å²) in [6.07, 6.45) is 0.947. The first-order valence-corrected chi connectivity index (χ1v) is 9.53. The number of rotatable bonds is 10. The van der Waals surface area contributed by atoms with Crippen LogP contribution < -0.4 is 10.1 Å². The Labute approximate surface area is 171 Å². The van der Waals surface area contributed by atoms with E-state index in [1.54, 1.807) is 31.4 Å². The number of aryl methyl sites for hydroxylation is 1. The molecule has 29 heavy (non-hydrogen) atoms. The van der Waals surface area contributed by atoms with Gasteiger partial charge in [0.1, 0.15) is 5.75 Å². The van der Waals surface area contributed by atoms with Gasteiger partial charge in [0.2, 0.25) is 5.91 Å². The molecule has 2 aromatic carbocycles. The Morgan fingerprint density at radius 3 is 2.17 bits per heavy atom. The second-order valence-corrected chi connectivity index (χ2v) is 6.82. The molecule has 154 valence electrons. The maximum Gasteiger partial charge on any atom is 0.307 e. The monoisotopic (exact) mass is 397 g/mol. The number of nitrogens with one attached hydrogen (secondary N) is 1. The fourth-order valence-electron chi connectivity index (χ4n) is 2.90. The van der Waals surface area contributed by atoms with Crippen molar-refractivity contribution in [1.82, 2.24) is 5.32 Å². The van der Waals surface area contributed by atoms with Gasteiger partial charge >= 0.3 is 5.97 Å². The minimum atomic E-state index is -0.465. The molecule has 1 atom stereocenters.